The normalized spacial score (nSPS) is 39.7. The fourth-order valence-corrected chi connectivity index (χ4v) is 10.0. The largest absolute Gasteiger partial charge is 0.481 e. The number of aliphatic hydroxyl groups is 1. The maximum Gasteiger partial charge on any atom is 0.306 e. The first-order valence-corrected chi connectivity index (χ1v) is 15.5. The molecule has 0 unspecified atom stereocenters. The molecule has 40 heavy (non-hydrogen) atoms. The maximum atomic E-state index is 12.2. The highest BCUT2D eigenvalue weighted by molar-refractivity contribution is 5.69. The van der Waals surface area contributed by atoms with Gasteiger partial charge >= 0.3 is 17.9 Å². The van der Waals surface area contributed by atoms with Crippen LogP contribution in [0.15, 0.2) is 11.6 Å². The van der Waals surface area contributed by atoms with E-state index in [2.05, 4.69) is 26.8 Å². The Hall–Kier alpha value is -1.89. The van der Waals surface area contributed by atoms with Crippen LogP contribution in [0.5, 0.6) is 0 Å². The third kappa shape index (κ3) is 5.87. The number of aliphatic carboxylic acids is 1. The molecule has 0 aromatic carbocycles. The van der Waals surface area contributed by atoms with Crippen LogP contribution in [-0.4, -0.2) is 45.4 Å². The van der Waals surface area contributed by atoms with Crippen LogP contribution in [0.1, 0.15) is 119 Å². The van der Waals surface area contributed by atoms with Gasteiger partial charge in [0.15, 0.2) is 0 Å². The SMILES string of the molecule is CC(=O)O[C@H]1C[C@@](O)(CC(=O)O)CC2=CC[C@H]3[C@@H]4CC[C@H]([C@H](C)CCCC(C)(C)OC(C)=O)[C@@]4(C)CC[C@@H]3[C@]21C. The maximum absolute atomic E-state index is 12.2. The number of esters is 2. The van der Waals surface area contributed by atoms with Crippen LogP contribution < -0.4 is 0 Å². The van der Waals surface area contributed by atoms with Gasteiger partial charge in [0, 0.05) is 25.7 Å². The highest BCUT2D eigenvalue weighted by atomic mass is 16.6. The van der Waals surface area contributed by atoms with Gasteiger partial charge < -0.3 is 19.7 Å². The standard InChI is InChI=1S/C33H52O7/c1-20(9-8-15-30(4,5)40-22(3)35)25-12-13-26-24-11-10-23-17-33(38,19-29(36)37)18-28(39-21(2)34)32(23,7)27(24)14-16-31(25,26)6/h10,20,24-28,38H,8-9,11-19H2,1-7H3,(H,36,37)/t20-,24+,25-,26+,27+,28+,31-,32+,33-/m1/s1. The summed E-state index contributed by atoms with van der Waals surface area (Å²) in [6.07, 6.45) is 10.5. The van der Waals surface area contributed by atoms with Crippen LogP contribution in [0.3, 0.4) is 0 Å². The van der Waals surface area contributed by atoms with Crippen LogP contribution >= 0.6 is 0 Å². The lowest BCUT2D eigenvalue weighted by atomic mass is 9.45. The van der Waals surface area contributed by atoms with Gasteiger partial charge in [0.05, 0.1) is 12.0 Å². The molecule has 7 heteroatoms. The first-order chi connectivity index (χ1) is 18.5. The Morgan fingerprint density at radius 2 is 1.80 bits per heavy atom. The lowest BCUT2D eigenvalue weighted by molar-refractivity contribution is -0.177. The van der Waals surface area contributed by atoms with Crippen LogP contribution in [0.4, 0.5) is 0 Å². The van der Waals surface area contributed by atoms with Crippen molar-refractivity contribution in [2.75, 3.05) is 0 Å². The zero-order valence-corrected chi connectivity index (χ0v) is 25.8. The number of carboxylic acids is 1. The van der Waals surface area contributed by atoms with E-state index in [4.69, 9.17) is 9.47 Å². The predicted molar refractivity (Wildman–Crippen MR) is 152 cm³/mol. The second kappa shape index (κ2) is 11.1. The van der Waals surface area contributed by atoms with Crippen LogP contribution in [0.25, 0.3) is 0 Å². The number of carbonyl (C=O) groups excluding carboxylic acids is 2. The number of allylic oxidation sites excluding steroid dienone is 1. The minimum atomic E-state index is -1.40. The van der Waals surface area contributed by atoms with Gasteiger partial charge in [-0.05, 0) is 100 Å². The highest BCUT2D eigenvalue weighted by Gasteiger charge is 2.63. The predicted octanol–water partition coefficient (Wildman–Crippen LogP) is 6.46. The smallest absolute Gasteiger partial charge is 0.306 e. The molecule has 0 spiro atoms. The third-order valence-electron chi connectivity index (χ3n) is 11.7. The summed E-state index contributed by atoms with van der Waals surface area (Å²) in [7, 11) is 0. The molecule has 4 aliphatic rings. The van der Waals surface area contributed by atoms with E-state index in [1.807, 2.05) is 13.8 Å². The van der Waals surface area contributed by atoms with Gasteiger partial charge in [-0.25, -0.2) is 0 Å². The van der Waals surface area contributed by atoms with Crippen LogP contribution in [0.2, 0.25) is 0 Å². The topological polar surface area (TPSA) is 110 Å². The summed E-state index contributed by atoms with van der Waals surface area (Å²) in [6.45, 7) is 14.0. The van der Waals surface area contributed by atoms with Gasteiger partial charge in [0.2, 0.25) is 0 Å². The average molecular weight is 561 g/mol. The fourth-order valence-electron chi connectivity index (χ4n) is 10.0. The first kappa shape index (κ1) is 31.1. The monoisotopic (exact) mass is 560 g/mol. The molecule has 0 saturated heterocycles. The van der Waals surface area contributed by atoms with E-state index in [-0.39, 0.29) is 35.6 Å². The van der Waals surface area contributed by atoms with Crippen molar-refractivity contribution in [3.8, 4) is 0 Å². The summed E-state index contributed by atoms with van der Waals surface area (Å²) in [6, 6.07) is 0. The van der Waals surface area contributed by atoms with Crippen molar-refractivity contribution in [1.29, 1.82) is 0 Å². The van der Waals surface area contributed by atoms with Crippen LogP contribution in [0, 0.1) is 40.4 Å². The number of ether oxygens (including phenoxy) is 2. The molecule has 0 heterocycles. The molecule has 7 nitrogen and oxygen atoms in total. The Kier molecular flexibility index (Phi) is 8.60. The molecule has 0 aromatic rings. The van der Waals surface area contributed by atoms with E-state index in [9.17, 15) is 24.6 Å². The molecule has 0 radical (unpaired) electrons. The summed E-state index contributed by atoms with van der Waals surface area (Å²) in [5.74, 6) is 1.07. The lowest BCUT2D eigenvalue weighted by Gasteiger charge is -2.61. The Bertz CT molecular complexity index is 1030. The van der Waals surface area contributed by atoms with Crippen molar-refractivity contribution in [2.24, 2.45) is 40.4 Å². The van der Waals surface area contributed by atoms with Crippen molar-refractivity contribution in [1.82, 2.24) is 0 Å². The summed E-state index contributed by atoms with van der Waals surface area (Å²) in [5, 5.41) is 20.8. The molecule has 4 rings (SSSR count). The van der Waals surface area contributed by atoms with Gasteiger partial charge in [-0.3, -0.25) is 14.4 Å². The van der Waals surface area contributed by atoms with E-state index in [0.717, 1.165) is 44.1 Å². The minimum Gasteiger partial charge on any atom is -0.481 e. The van der Waals surface area contributed by atoms with E-state index in [1.54, 1.807) is 0 Å². The number of hydrogen-bond donors (Lipinski definition) is 2. The van der Waals surface area contributed by atoms with Crippen molar-refractivity contribution in [2.45, 2.75) is 136 Å². The summed E-state index contributed by atoms with van der Waals surface area (Å²) in [5.41, 5.74) is -0.860. The Balaban J connectivity index is 1.52. The number of carboxylic acid groups (broad SMARTS) is 1. The van der Waals surface area contributed by atoms with Gasteiger partial charge in [-0.2, -0.15) is 0 Å². The minimum absolute atomic E-state index is 0.168. The molecular weight excluding hydrogens is 508 g/mol. The molecule has 226 valence electrons. The van der Waals surface area contributed by atoms with Crippen molar-refractivity contribution >= 4 is 17.9 Å². The number of hydrogen-bond acceptors (Lipinski definition) is 6. The van der Waals surface area contributed by atoms with E-state index < -0.39 is 23.3 Å². The van der Waals surface area contributed by atoms with Crippen molar-refractivity contribution in [3.63, 3.8) is 0 Å². The molecule has 0 bridgehead atoms. The quantitative estimate of drug-likeness (QED) is 0.246. The third-order valence-corrected chi connectivity index (χ3v) is 11.7. The number of rotatable bonds is 9. The molecular formula is C33H52O7. The lowest BCUT2D eigenvalue weighted by Crippen LogP contribution is -2.59. The highest BCUT2D eigenvalue weighted by Crippen LogP contribution is 2.68. The van der Waals surface area contributed by atoms with Gasteiger partial charge in [0.25, 0.3) is 0 Å². The molecule has 4 aliphatic carbocycles. The molecule has 0 aromatic heterocycles. The van der Waals surface area contributed by atoms with Gasteiger partial charge in [-0.15, -0.1) is 0 Å². The zero-order chi connectivity index (χ0) is 29.7. The first-order valence-electron chi connectivity index (χ1n) is 15.5. The molecule has 3 fully saturated rings. The van der Waals surface area contributed by atoms with E-state index in [0.29, 0.717) is 36.0 Å². The second-order valence-corrected chi connectivity index (χ2v) is 14.8. The van der Waals surface area contributed by atoms with Gasteiger partial charge in [0.1, 0.15) is 11.7 Å². The summed E-state index contributed by atoms with van der Waals surface area (Å²) < 4.78 is 11.4. The van der Waals surface area contributed by atoms with Crippen LogP contribution in [-0.2, 0) is 23.9 Å². The Morgan fingerprint density at radius 3 is 2.42 bits per heavy atom. The van der Waals surface area contributed by atoms with Crippen molar-refractivity contribution in [3.05, 3.63) is 11.6 Å². The molecule has 0 amide bonds. The number of fused-ring (bicyclic) bond motifs is 5. The van der Waals surface area contributed by atoms with Gasteiger partial charge in [-0.1, -0.05) is 38.8 Å². The Labute approximate surface area is 240 Å². The van der Waals surface area contributed by atoms with E-state index >= 15 is 0 Å². The molecule has 9 atom stereocenters. The average Bonchev–Trinajstić information content (AvgIpc) is 3.15. The number of carbonyl (C=O) groups is 3. The zero-order valence-electron chi connectivity index (χ0n) is 25.8. The van der Waals surface area contributed by atoms with E-state index in [1.165, 1.54) is 26.7 Å². The summed E-state index contributed by atoms with van der Waals surface area (Å²) >= 11 is 0. The fraction of sp³-hybridized carbons (Fsp3) is 0.848. The summed E-state index contributed by atoms with van der Waals surface area (Å²) in [4.78, 5) is 35.2. The molecule has 3 saturated carbocycles. The molecule has 2 N–H and O–H groups in total. The Morgan fingerprint density at radius 1 is 1.10 bits per heavy atom. The second-order valence-electron chi connectivity index (χ2n) is 14.8. The van der Waals surface area contributed by atoms with Crippen molar-refractivity contribution < 1.29 is 34.1 Å². The molecule has 0 aliphatic heterocycles.